The standard InChI is InChI=1S/C10H16O3/c1-8(7-11)5-3-4-6-9(2)10(12)13/h3-5,9,11H,6-7H2,1-2H3,(H,12,13). The van der Waals surface area contributed by atoms with Gasteiger partial charge in [-0.15, -0.1) is 0 Å². The van der Waals surface area contributed by atoms with Crippen LogP contribution in [0.2, 0.25) is 0 Å². The maximum absolute atomic E-state index is 10.4. The minimum absolute atomic E-state index is 0.0405. The number of carboxylic acids is 1. The molecule has 0 bridgehead atoms. The summed E-state index contributed by atoms with van der Waals surface area (Å²) in [6.07, 6.45) is 5.85. The first-order valence-electron chi connectivity index (χ1n) is 4.24. The van der Waals surface area contributed by atoms with Gasteiger partial charge in [-0.2, -0.15) is 0 Å². The first-order chi connectivity index (χ1) is 6.07. The van der Waals surface area contributed by atoms with Crippen molar-refractivity contribution in [1.82, 2.24) is 0 Å². The molecule has 0 amide bonds. The fourth-order valence-corrected chi connectivity index (χ4v) is 0.669. The molecule has 0 aromatic carbocycles. The monoisotopic (exact) mass is 184 g/mol. The van der Waals surface area contributed by atoms with Crippen LogP contribution in [0.3, 0.4) is 0 Å². The predicted octanol–water partition coefficient (Wildman–Crippen LogP) is 1.59. The highest BCUT2D eigenvalue weighted by atomic mass is 16.4. The summed E-state index contributed by atoms with van der Waals surface area (Å²) in [5.41, 5.74) is 0.860. The van der Waals surface area contributed by atoms with E-state index >= 15 is 0 Å². The van der Waals surface area contributed by atoms with Crippen LogP contribution in [-0.2, 0) is 4.79 Å². The summed E-state index contributed by atoms with van der Waals surface area (Å²) in [5, 5.41) is 17.2. The lowest BCUT2D eigenvalue weighted by Gasteiger charge is -1.99. The molecule has 0 saturated carbocycles. The quantitative estimate of drug-likeness (QED) is 0.638. The molecular formula is C10H16O3. The summed E-state index contributed by atoms with van der Waals surface area (Å²) in [6.45, 7) is 3.51. The van der Waals surface area contributed by atoms with E-state index in [2.05, 4.69) is 0 Å². The average Bonchev–Trinajstić information content (AvgIpc) is 2.11. The Morgan fingerprint density at radius 2 is 2.15 bits per heavy atom. The van der Waals surface area contributed by atoms with Crippen molar-refractivity contribution in [2.75, 3.05) is 6.61 Å². The lowest BCUT2D eigenvalue weighted by molar-refractivity contribution is -0.140. The molecule has 1 atom stereocenters. The number of aliphatic carboxylic acids is 1. The molecule has 0 spiro atoms. The molecule has 0 aromatic rings. The van der Waals surface area contributed by atoms with Crippen LogP contribution in [0.5, 0.6) is 0 Å². The number of hydrogen-bond acceptors (Lipinski definition) is 2. The van der Waals surface area contributed by atoms with Crippen molar-refractivity contribution in [1.29, 1.82) is 0 Å². The molecule has 74 valence electrons. The van der Waals surface area contributed by atoms with Gasteiger partial charge in [-0.1, -0.05) is 25.2 Å². The number of aliphatic hydroxyl groups excluding tert-OH is 1. The highest BCUT2D eigenvalue weighted by Crippen LogP contribution is 2.02. The Morgan fingerprint density at radius 1 is 1.54 bits per heavy atom. The zero-order chi connectivity index (χ0) is 10.3. The largest absolute Gasteiger partial charge is 0.481 e. The van der Waals surface area contributed by atoms with Gasteiger partial charge in [-0.3, -0.25) is 4.79 Å². The minimum atomic E-state index is -0.785. The van der Waals surface area contributed by atoms with Crippen molar-refractivity contribution in [2.24, 2.45) is 5.92 Å². The Bertz CT molecular complexity index is 216. The van der Waals surface area contributed by atoms with Crippen molar-refractivity contribution in [2.45, 2.75) is 20.3 Å². The van der Waals surface area contributed by atoms with Gasteiger partial charge in [0.25, 0.3) is 0 Å². The third-order valence-electron chi connectivity index (χ3n) is 1.68. The van der Waals surface area contributed by atoms with E-state index in [-0.39, 0.29) is 12.5 Å². The van der Waals surface area contributed by atoms with Crippen LogP contribution in [0.1, 0.15) is 20.3 Å². The predicted molar refractivity (Wildman–Crippen MR) is 51.4 cm³/mol. The molecule has 0 aliphatic rings. The van der Waals surface area contributed by atoms with Gasteiger partial charge in [0.2, 0.25) is 0 Å². The lowest BCUT2D eigenvalue weighted by atomic mass is 10.1. The van der Waals surface area contributed by atoms with E-state index in [1.54, 1.807) is 25.2 Å². The fraction of sp³-hybridized carbons (Fsp3) is 0.500. The van der Waals surface area contributed by atoms with E-state index < -0.39 is 5.97 Å². The van der Waals surface area contributed by atoms with Gasteiger partial charge >= 0.3 is 5.97 Å². The number of rotatable bonds is 5. The smallest absolute Gasteiger partial charge is 0.306 e. The van der Waals surface area contributed by atoms with Crippen LogP contribution in [0.25, 0.3) is 0 Å². The molecule has 2 N–H and O–H groups in total. The number of carbonyl (C=O) groups is 1. The second kappa shape index (κ2) is 6.43. The topological polar surface area (TPSA) is 57.5 Å². The number of carboxylic acid groups (broad SMARTS) is 1. The first kappa shape index (κ1) is 11.9. The lowest BCUT2D eigenvalue weighted by Crippen LogP contribution is -2.07. The van der Waals surface area contributed by atoms with Gasteiger partial charge < -0.3 is 10.2 Å². The number of hydrogen-bond donors (Lipinski definition) is 2. The zero-order valence-electron chi connectivity index (χ0n) is 8.03. The van der Waals surface area contributed by atoms with Gasteiger partial charge in [0.1, 0.15) is 0 Å². The summed E-state index contributed by atoms with van der Waals surface area (Å²) in [5.74, 6) is -1.13. The molecule has 3 heteroatoms. The molecule has 0 aromatic heterocycles. The summed E-state index contributed by atoms with van der Waals surface area (Å²) < 4.78 is 0. The molecule has 0 radical (unpaired) electrons. The van der Waals surface area contributed by atoms with Gasteiger partial charge in [0.05, 0.1) is 12.5 Å². The molecule has 0 saturated heterocycles. The van der Waals surface area contributed by atoms with Crippen molar-refractivity contribution in [3.63, 3.8) is 0 Å². The van der Waals surface area contributed by atoms with Gasteiger partial charge in [0.15, 0.2) is 0 Å². The van der Waals surface area contributed by atoms with Crippen LogP contribution in [0, 0.1) is 5.92 Å². The summed E-state index contributed by atoms with van der Waals surface area (Å²) in [6, 6.07) is 0. The van der Waals surface area contributed by atoms with E-state index in [1.165, 1.54) is 0 Å². The van der Waals surface area contributed by atoms with Crippen molar-refractivity contribution < 1.29 is 15.0 Å². The van der Waals surface area contributed by atoms with Crippen molar-refractivity contribution in [3.05, 3.63) is 23.8 Å². The third kappa shape index (κ3) is 6.11. The molecule has 0 aliphatic heterocycles. The number of aliphatic hydroxyl groups is 1. The molecule has 0 fully saturated rings. The van der Waals surface area contributed by atoms with E-state index in [1.807, 2.05) is 6.92 Å². The Labute approximate surface area is 78.4 Å². The highest BCUT2D eigenvalue weighted by Gasteiger charge is 2.06. The van der Waals surface area contributed by atoms with E-state index in [0.29, 0.717) is 6.42 Å². The third-order valence-corrected chi connectivity index (χ3v) is 1.68. The molecule has 1 unspecified atom stereocenters. The summed E-state index contributed by atoms with van der Waals surface area (Å²) in [4.78, 5) is 10.4. The van der Waals surface area contributed by atoms with Gasteiger partial charge in [-0.25, -0.2) is 0 Å². The Hall–Kier alpha value is -1.09. The molecular weight excluding hydrogens is 168 g/mol. The maximum atomic E-state index is 10.4. The van der Waals surface area contributed by atoms with E-state index in [4.69, 9.17) is 10.2 Å². The average molecular weight is 184 g/mol. The van der Waals surface area contributed by atoms with Crippen LogP contribution >= 0.6 is 0 Å². The Kier molecular flexibility index (Phi) is 5.89. The second-order valence-corrected chi connectivity index (χ2v) is 3.07. The summed E-state index contributed by atoms with van der Waals surface area (Å²) in [7, 11) is 0. The molecule has 13 heavy (non-hydrogen) atoms. The Morgan fingerprint density at radius 3 is 2.62 bits per heavy atom. The van der Waals surface area contributed by atoms with Gasteiger partial charge in [0, 0.05) is 0 Å². The SMILES string of the molecule is CC(=CC=CCC(C)C(=O)O)CO. The highest BCUT2D eigenvalue weighted by molar-refractivity contribution is 5.69. The molecule has 0 heterocycles. The Balaban J connectivity index is 3.82. The summed E-state index contributed by atoms with van der Waals surface area (Å²) >= 11 is 0. The van der Waals surface area contributed by atoms with Crippen LogP contribution in [-0.4, -0.2) is 22.8 Å². The van der Waals surface area contributed by atoms with E-state index in [0.717, 1.165) is 5.57 Å². The fourth-order valence-electron chi connectivity index (χ4n) is 0.669. The number of allylic oxidation sites excluding steroid dienone is 3. The van der Waals surface area contributed by atoms with Crippen LogP contribution in [0.15, 0.2) is 23.8 Å². The van der Waals surface area contributed by atoms with Crippen molar-refractivity contribution >= 4 is 5.97 Å². The minimum Gasteiger partial charge on any atom is -0.481 e. The second-order valence-electron chi connectivity index (χ2n) is 3.07. The van der Waals surface area contributed by atoms with E-state index in [9.17, 15) is 4.79 Å². The maximum Gasteiger partial charge on any atom is 0.306 e. The van der Waals surface area contributed by atoms with Crippen LogP contribution in [0.4, 0.5) is 0 Å². The van der Waals surface area contributed by atoms with Crippen LogP contribution < -0.4 is 0 Å². The molecule has 0 aliphatic carbocycles. The zero-order valence-corrected chi connectivity index (χ0v) is 8.03. The van der Waals surface area contributed by atoms with Gasteiger partial charge in [-0.05, 0) is 18.9 Å². The first-order valence-corrected chi connectivity index (χ1v) is 4.24. The normalized spacial score (nSPS) is 14.8. The van der Waals surface area contributed by atoms with Crippen molar-refractivity contribution in [3.8, 4) is 0 Å². The molecule has 0 rings (SSSR count). The molecule has 3 nitrogen and oxygen atoms in total.